The number of hydrogen-bond donors (Lipinski definition) is 1. The van der Waals surface area contributed by atoms with Gasteiger partial charge in [-0.25, -0.2) is 4.79 Å². The summed E-state index contributed by atoms with van der Waals surface area (Å²) in [6.45, 7) is 14.5. The highest BCUT2D eigenvalue weighted by Crippen LogP contribution is 2.54. The lowest BCUT2D eigenvalue weighted by molar-refractivity contribution is -0.233. The van der Waals surface area contributed by atoms with Crippen LogP contribution in [0.1, 0.15) is 122 Å². The molecule has 2 aliphatic rings. The van der Waals surface area contributed by atoms with E-state index < -0.39 is 19.4 Å². The average Bonchev–Trinajstić information content (AvgIpc) is 3.67. The van der Waals surface area contributed by atoms with Crippen LogP contribution < -0.4 is 9.63 Å². The molecule has 41 heavy (non-hydrogen) atoms. The Morgan fingerprint density at radius 1 is 1.17 bits per heavy atom. The summed E-state index contributed by atoms with van der Waals surface area (Å²) in [5.74, 6) is -0.462. The van der Waals surface area contributed by atoms with E-state index in [1.807, 2.05) is 13.0 Å². The zero-order valence-electron chi connectivity index (χ0n) is 25.7. The molecule has 0 heterocycles. The van der Waals surface area contributed by atoms with E-state index in [0.717, 1.165) is 75.3 Å². The smallest absolute Gasteiger partial charge is 0.344 e. The molecule has 230 valence electrons. The van der Waals surface area contributed by atoms with Crippen molar-refractivity contribution in [3.8, 4) is 11.5 Å². The number of aryl methyl sites for hydroxylation is 1. The van der Waals surface area contributed by atoms with Gasteiger partial charge in [-0.1, -0.05) is 70.3 Å². The van der Waals surface area contributed by atoms with E-state index >= 15 is 0 Å². The number of carbonyl (C=O) groups is 1. The number of benzene rings is 1. The van der Waals surface area contributed by atoms with Gasteiger partial charge >= 0.3 is 5.97 Å². The van der Waals surface area contributed by atoms with Crippen LogP contribution in [0, 0.1) is 11.8 Å². The Morgan fingerprint density at radius 3 is 2.44 bits per heavy atom. The number of ether oxygens (including phenoxy) is 1. The van der Waals surface area contributed by atoms with Gasteiger partial charge in [-0.2, -0.15) is 0 Å². The van der Waals surface area contributed by atoms with Gasteiger partial charge in [0, 0.05) is 11.5 Å². The SMILES string of the molecule is C=C(C)[C@@H]1CCC(C)=C[C@H]1c1c(O)cc(CCCCC)cc1OC(=O)C1(OP(=O)([O-])OCC(CCC)CCC)CC1. The molecule has 3 rings (SSSR count). The van der Waals surface area contributed by atoms with Gasteiger partial charge in [0.05, 0.1) is 6.61 Å². The highest BCUT2D eigenvalue weighted by molar-refractivity contribution is 7.46. The molecular weight excluding hydrogens is 539 g/mol. The predicted octanol–water partition coefficient (Wildman–Crippen LogP) is 8.30. The van der Waals surface area contributed by atoms with E-state index in [2.05, 4.69) is 40.3 Å². The van der Waals surface area contributed by atoms with E-state index in [1.54, 1.807) is 6.07 Å². The van der Waals surface area contributed by atoms with Crippen LogP contribution in [-0.2, 0) is 24.8 Å². The summed E-state index contributed by atoms with van der Waals surface area (Å²) in [5.41, 5.74) is 2.00. The Bertz CT molecular complexity index is 1130. The molecule has 1 unspecified atom stereocenters. The van der Waals surface area contributed by atoms with Crippen molar-refractivity contribution < 1.29 is 33.1 Å². The first-order chi connectivity index (χ1) is 19.4. The highest BCUT2D eigenvalue weighted by Gasteiger charge is 2.56. The monoisotopic (exact) mass is 589 g/mol. The van der Waals surface area contributed by atoms with E-state index in [0.29, 0.717) is 5.56 Å². The van der Waals surface area contributed by atoms with E-state index in [4.69, 9.17) is 13.8 Å². The lowest BCUT2D eigenvalue weighted by atomic mass is 9.73. The number of carbonyl (C=O) groups excluding carboxylic acids is 1. The number of esters is 1. The number of phenolic OH excluding ortho intramolecular Hbond substituents is 1. The van der Waals surface area contributed by atoms with Crippen molar-refractivity contribution >= 4 is 13.8 Å². The predicted molar refractivity (Wildman–Crippen MR) is 161 cm³/mol. The van der Waals surface area contributed by atoms with Crippen molar-refractivity contribution in [2.24, 2.45) is 11.8 Å². The fraction of sp³-hybridized carbons (Fsp3) is 0.667. The number of hydrogen-bond acceptors (Lipinski definition) is 7. The van der Waals surface area contributed by atoms with Crippen LogP contribution in [0.3, 0.4) is 0 Å². The molecule has 0 aliphatic heterocycles. The van der Waals surface area contributed by atoms with Crippen LogP contribution in [0.4, 0.5) is 0 Å². The number of phosphoric ester groups is 1. The van der Waals surface area contributed by atoms with Crippen molar-refractivity contribution in [3.05, 3.63) is 47.1 Å². The molecule has 7 nitrogen and oxygen atoms in total. The molecule has 0 amide bonds. The average molecular weight is 590 g/mol. The Kier molecular flexibility index (Phi) is 12.3. The summed E-state index contributed by atoms with van der Waals surface area (Å²) in [4.78, 5) is 26.3. The third-order valence-corrected chi connectivity index (χ3v) is 9.43. The molecule has 0 saturated heterocycles. The Morgan fingerprint density at radius 2 is 1.85 bits per heavy atom. The lowest BCUT2D eigenvalue weighted by Gasteiger charge is -2.32. The molecule has 1 aromatic rings. The number of unbranched alkanes of at least 4 members (excludes halogenated alkanes) is 2. The molecule has 0 spiro atoms. The normalized spacial score (nSPS) is 21.3. The van der Waals surface area contributed by atoms with E-state index in [-0.39, 0.29) is 48.7 Å². The molecule has 1 N–H and O–H groups in total. The van der Waals surface area contributed by atoms with Gasteiger partial charge in [0.1, 0.15) is 11.5 Å². The van der Waals surface area contributed by atoms with Crippen LogP contribution in [0.25, 0.3) is 0 Å². The number of allylic oxidation sites excluding steroid dienone is 3. The largest absolute Gasteiger partial charge is 0.756 e. The number of aromatic hydroxyl groups is 1. The van der Waals surface area contributed by atoms with Gasteiger partial charge in [-0.15, -0.1) is 0 Å². The van der Waals surface area contributed by atoms with Gasteiger partial charge in [0.25, 0.3) is 7.82 Å². The lowest BCUT2D eigenvalue weighted by Crippen LogP contribution is -2.33. The third kappa shape index (κ3) is 9.28. The Labute approximate surface area is 247 Å². The molecule has 0 aromatic heterocycles. The first kappa shape index (κ1) is 33.6. The maximum Gasteiger partial charge on any atom is 0.344 e. The van der Waals surface area contributed by atoms with Crippen molar-refractivity contribution in [3.63, 3.8) is 0 Å². The maximum absolute atomic E-state index is 13.5. The van der Waals surface area contributed by atoms with Crippen molar-refractivity contribution in [2.75, 3.05) is 6.61 Å². The molecule has 8 heteroatoms. The summed E-state index contributed by atoms with van der Waals surface area (Å²) in [7, 11) is -4.74. The minimum absolute atomic E-state index is 0.0427. The van der Waals surface area contributed by atoms with Crippen LogP contribution in [0.5, 0.6) is 11.5 Å². The Balaban J connectivity index is 1.87. The minimum Gasteiger partial charge on any atom is -0.756 e. The minimum atomic E-state index is -4.74. The number of phosphoric acid groups is 1. The van der Waals surface area contributed by atoms with E-state index in [1.165, 1.54) is 5.57 Å². The first-order valence-electron chi connectivity index (χ1n) is 15.5. The standard InChI is InChI=1S/C33H51O7P/c1-7-10-11-14-26-20-29(34)31(28-19-24(6)15-16-27(28)23(4)5)30(21-26)39-32(35)33(17-18-33)40-41(36,37)38-22-25(12-8-2)13-9-3/h19-21,25,27-28,34H,4,7-18,22H2,1-3,5-6H3,(H,36,37)/p-1/t27-,28+/m0/s1. The summed E-state index contributed by atoms with van der Waals surface area (Å²) in [6.07, 6.45) is 11.8. The summed E-state index contributed by atoms with van der Waals surface area (Å²) in [5, 5.41) is 11.3. The molecule has 1 aromatic carbocycles. The summed E-state index contributed by atoms with van der Waals surface area (Å²) in [6, 6.07) is 3.58. The molecule has 1 saturated carbocycles. The molecule has 2 aliphatic carbocycles. The summed E-state index contributed by atoms with van der Waals surface area (Å²) < 4.78 is 29.4. The van der Waals surface area contributed by atoms with Crippen LogP contribution in [0.15, 0.2) is 35.9 Å². The van der Waals surface area contributed by atoms with Gasteiger partial charge in [0.15, 0.2) is 5.60 Å². The van der Waals surface area contributed by atoms with Crippen LogP contribution in [-0.4, -0.2) is 23.3 Å². The van der Waals surface area contributed by atoms with Gasteiger partial charge in [-0.05, 0) is 94.7 Å². The van der Waals surface area contributed by atoms with Gasteiger partial charge < -0.3 is 19.3 Å². The number of rotatable bonds is 17. The molecule has 0 bridgehead atoms. The summed E-state index contributed by atoms with van der Waals surface area (Å²) >= 11 is 0. The van der Waals surface area contributed by atoms with Crippen molar-refractivity contribution in [2.45, 2.75) is 123 Å². The van der Waals surface area contributed by atoms with E-state index in [9.17, 15) is 19.4 Å². The zero-order valence-corrected chi connectivity index (χ0v) is 26.6. The van der Waals surface area contributed by atoms with Crippen molar-refractivity contribution in [1.82, 2.24) is 0 Å². The zero-order chi connectivity index (χ0) is 30.2. The highest BCUT2D eigenvalue weighted by atomic mass is 31.2. The molecule has 3 atom stereocenters. The van der Waals surface area contributed by atoms with Crippen LogP contribution >= 0.6 is 7.82 Å². The number of phenols is 1. The van der Waals surface area contributed by atoms with Crippen LogP contribution in [0.2, 0.25) is 0 Å². The topological polar surface area (TPSA) is 105 Å². The molecule has 0 radical (unpaired) electrons. The third-order valence-electron chi connectivity index (χ3n) is 8.39. The Hall–Kier alpha value is -1.92. The second-order valence-electron chi connectivity index (χ2n) is 12.2. The molecule has 1 fully saturated rings. The fourth-order valence-corrected chi connectivity index (χ4v) is 7.05. The van der Waals surface area contributed by atoms with Crippen molar-refractivity contribution in [1.29, 1.82) is 0 Å². The maximum atomic E-state index is 13.5. The quantitative estimate of drug-likeness (QED) is 0.0641. The van der Waals surface area contributed by atoms with Gasteiger partial charge in [0.2, 0.25) is 0 Å². The molecular formula is C33H50O7P-. The first-order valence-corrected chi connectivity index (χ1v) is 17.0. The van der Waals surface area contributed by atoms with Gasteiger partial charge in [-0.3, -0.25) is 9.09 Å². The second-order valence-corrected chi connectivity index (χ2v) is 13.5. The fourth-order valence-electron chi connectivity index (χ4n) is 5.92. The second kappa shape index (κ2) is 15.0.